The van der Waals surface area contributed by atoms with Gasteiger partial charge in [0.25, 0.3) is 0 Å². The van der Waals surface area contributed by atoms with Crippen LogP contribution in [0.3, 0.4) is 0 Å². The van der Waals surface area contributed by atoms with Crippen LogP contribution in [0, 0.1) is 6.57 Å². The van der Waals surface area contributed by atoms with Gasteiger partial charge in [0.15, 0.2) is 5.69 Å². The molecule has 1 aromatic rings. The molecule has 0 amide bonds. The molecule has 0 aliphatic rings. The molecule has 0 unspecified atom stereocenters. The van der Waals surface area contributed by atoms with E-state index in [9.17, 15) is 0 Å². The number of rotatable bonds is 2. The Morgan fingerprint density at radius 2 is 2.18 bits per heavy atom. The third kappa shape index (κ3) is 1.99. The Balaban J connectivity index is 2.95. The van der Waals surface area contributed by atoms with Gasteiger partial charge in [-0.15, -0.1) is 0 Å². The first-order valence-electron chi connectivity index (χ1n) is 3.33. The van der Waals surface area contributed by atoms with E-state index in [0.717, 1.165) is 17.0 Å². The normalized spacial score (nSPS) is 9.09. The number of benzene rings is 1. The molecule has 0 heterocycles. The average Bonchev–Trinajstić information content (AvgIpc) is 2.06. The van der Waals surface area contributed by atoms with E-state index < -0.39 is 0 Å². The number of nitrogens with zero attached hydrogens (tertiary/aromatic N) is 1. The van der Waals surface area contributed by atoms with Crippen LogP contribution >= 0.6 is 11.8 Å². The molecule has 1 aromatic carbocycles. The molecule has 2 heteroatoms. The highest BCUT2D eigenvalue weighted by Crippen LogP contribution is 2.21. The molecule has 0 N–H and O–H groups in total. The highest BCUT2D eigenvalue weighted by Gasteiger charge is 1.97. The summed E-state index contributed by atoms with van der Waals surface area (Å²) in [6.45, 7) is 6.88. The zero-order chi connectivity index (χ0) is 8.10. The zero-order valence-corrected chi connectivity index (χ0v) is 7.19. The molecule has 0 atom stereocenters. The summed E-state index contributed by atoms with van der Waals surface area (Å²) >= 11 is 1.74. The minimum atomic E-state index is 0.779. The van der Waals surface area contributed by atoms with E-state index in [4.69, 9.17) is 6.57 Å². The minimum Gasteiger partial charge on any atom is -0.238 e. The number of para-hydroxylation sites is 1. The van der Waals surface area contributed by atoms with E-state index in [1.54, 1.807) is 11.8 Å². The van der Waals surface area contributed by atoms with Crippen LogP contribution in [0.2, 0.25) is 0 Å². The van der Waals surface area contributed by atoms with Crippen LogP contribution in [0.25, 0.3) is 4.85 Å². The Labute approximate surface area is 71.3 Å². The van der Waals surface area contributed by atoms with Crippen LogP contribution in [-0.4, -0.2) is 6.26 Å². The standard InChI is InChI=1S/C9H9NS/c1-10-9-6-4-3-5-8(9)7-11-2/h3-6H,7H2,2H3. The maximum Gasteiger partial charge on any atom is 0.191 e. The smallest absolute Gasteiger partial charge is 0.191 e. The highest BCUT2D eigenvalue weighted by atomic mass is 32.2. The van der Waals surface area contributed by atoms with Crippen molar-refractivity contribution >= 4 is 17.4 Å². The first-order valence-corrected chi connectivity index (χ1v) is 4.72. The molecule has 0 aromatic heterocycles. The fraction of sp³-hybridized carbons (Fsp3) is 0.222. The fourth-order valence-electron chi connectivity index (χ4n) is 0.897. The molecule has 0 saturated carbocycles. The van der Waals surface area contributed by atoms with Crippen LogP contribution in [0.5, 0.6) is 0 Å². The number of hydrogen-bond acceptors (Lipinski definition) is 1. The lowest BCUT2D eigenvalue weighted by atomic mass is 10.2. The Morgan fingerprint density at radius 3 is 2.82 bits per heavy atom. The second-order valence-corrected chi connectivity index (χ2v) is 3.04. The van der Waals surface area contributed by atoms with Crippen molar-refractivity contribution in [3.63, 3.8) is 0 Å². The van der Waals surface area contributed by atoms with Crippen LogP contribution < -0.4 is 0 Å². The summed E-state index contributed by atoms with van der Waals surface area (Å²) in [6.07, 6.45) is 2.04. The van der Waals surface area contributed by atoms with Gasteiger partial charge in [0.2, 0.25) is 0 Å². The van der Waals surface area contributed by atoms with Gasteiger partial charge in [-0.05, 0) is 11.8 Å². The Bertz CT molecular complexity index is 275. The number of hydrogen-bond donors (Lipinski definition) is 0. The molecule has 56 valence electrons. The predicted octanol–water partition coefficient (Wildman–Crippen LogP) is 3.10. The fourth-order valence-corrected chi connectivity index (χ4v) is 1.45. The van der Waals surface area contributed by atoms with E-state index >= 15 is 0 Å². The van der Waals surface area contributed by atoms with Crippen molar-refractivity contribution in [2.45, 2.75) is 5.75 Å². The zero-order valence-electron chi connectivity index (χ0n) is 6.37. The Morgan fingerprint density at radius 1 is 1.45 bits per heavy atom. The van der Waals surface area contributed by atoms with E-state index in [2.05, 4.69) is 4.85 Å². The molecule has 1 rings (SSSR count). The summed E-state index contributed by atoms with van der Waals surface area (Å²) in [6, 6.07) is 7.74. The van der Waals surface area contributed by atoms with Gasteiger partial charge < -0.3 is 0 Å². The molecular weight excluding hydrogens is 154 g/mol. The number of thioether (sulfide) groups is 1. The van der Waals surface area contributed by atoms with Gasteiger partial charge in [-0.2, -0.15) is 11.8 Å². The van der Waals surface area contributed by atoms with Crippen LogP contribution in [-0.2, 0) is 5.75 Å². The van der Waals surface area contributed by atoms with Crippen molar-refractivity contribution in [3.8, 4) is 0 Å². The Kier molecular flexibility index (Phi) is 3.00. The average molecular weight is 163 g/mol. The highest BCUT2D eigenvalue weighted by molar-refractivity contribution is 7.97. The first kappa shape index (κ1) is 8.16. The van der Waals surface area contributed by atoms with Crippen LogP contribution in [0.1, 0.15) is 5.56 Å². The third-order valence-electron chi connectivity index (χ3n) is 1.41. The van der Waals surface area contributed by atoms with Gasteiger partial charge in [0.05, 0.1) is 6.57 Å². The van der Waals surface area contributed by atoms with Gasteiger partial charge in [-0.25, -0.2) is 4.85 Å². The van der Waals surface area contributed by atoms with Gasteiger partial charge in [-0.1, -0.05) is 24.3 Å². The summed E-state index contributed by atoms with van der Waals surface area (Å²) < 4.78 is 0. The van der Waals surface area contributed by atoms with Crippen molar-refractivity contribution in [1.29, 1.82) is 0 Å². The molecule has 0 fully saturated rings. The van der Waals surface area contributed by atoms with Crippen LogP contribution in [0.4, 0.5) is 5.69 Å². The monoisotopic (exact) mass is 163 g/mol. The van der Waals surface area contributed by atoms with Crippen molar-refractivity contribution in [2.75, 3.05) is 6.26 Å². The summed E-state index contributed by atoms with van der Waals surface area (Å²) in [4.78, 5) is 3.43. The largest absolute Gasteiger partial charge is 0.238 e. The summed E-state index contributed by atoms with van der Waals surface area (Å²) in [5.41, 5.74) is 1.91. The van der Waals surface area contributed by atoms with Gasteiger partial charge in [0, 0.05) is 5.75 Å². The SMILES string of the molecule is [C-]#[N+]c1ccccc1CSC. The van der Waals surface area contributed by atoms with E-state index in [-0.39, 0.29) is 0 Å². The van der Waals surface area contributed by atoms with E-state index in [1.807, 2.05) is 30.5 Å². The van der Waals surface area contributed by atoms with Crippen molar-refractivity contribution in [1.82, 2.24) is 0 Å². The third-order valence-corrected chi connectivity index (χ3v) is 2.01. The summed E-state index contributed by atoms with van der Waals surface area (Å²) in [7, 11) is 0. The maximum atomic E-state index is 6.88. The lowest BCUT2D eigenvalue weighted by molar-refractivity contribution is 1.43. The molecule has 1 nitrogen and oxygen atoms in total. The van der Waals surface area contributed by atoms with E-state index in [1.165, 1.54) is 0 Å². The lowest BCUT2D eigenvalue weighted by Gasteiger charge is -1.98. The molecule has 11 heavy (non-hydrogen) atoms. The molecule has 0 radical (unpaired) electrons. The van der Waals surface area contributed by atoms with Crippen molar-refractivity contribution in [2.24, 2.45) is 0 Å². The maximum absolute atomic E-state index is 6.88. The lowest BCUT2D eigenvalue weighted by Crippen LogP contribution is -1.77. The van der Waals surface area contributed by atoms with Gasteiger partial charge in [-0.3, -0.25) is 0 Å². The topological polar surface area (TPSA) is 4.36 Å². The van der Waals surface area contributed by atoms with Crippen molar-refractivity contribution in [3.05, 3.63) is 41.2 Å². The molecule has 0 saturated heterocycles. The first-order chi connectivity index (χ1) is 5.38. The van der Waals surface area contributed by atoms with Crippen LogP contribution in [0.15, 0.2) is 24.3 Å². The van der Waals surface area contributed by atoms with Crippen molar-refractivity contribution < 1.29 is 0 Å². The van der Waals surface area contributed by atoms with Gasteiger partial charge in [0.1, 0.15) is 0 Å². The summed E-state index contributed by atoms with van der Waals surface area (Å²) in [5, 5.41) is 0. The van der Waals surface area contributed by atoms with Gasteiger partial charge >= 0.3 is 0 Å². The quantitative estimate of drug-likeness (QED) is 0.606. The second kappa shape index (κ2) is 4.05. The predicted molar refractivity (Wildman–Crippen MR) is 49.9 cm³/mol. The van der Waals surface area contributed by atoms with E-state index in [0.29, 0.717) is 0 Å². The molecule has 0 aliphatic carbocycles. The molecule has 0 aliphatic heterocycles. The second-order valence-electron chi connectivity index (χ2n) is 2.17. The summed E-state index contributed by atoms with van der Waals surface area (Å²) in [5.74, 6) is 0.929. The Hall–Kier alpha value is -0.940. The minimum absolute atomic E-state index is 0.779. The molecule has 0 bridgehead atoms. The molecular formula is C9H9NS. The molecule has 0 spiro atoms.